The summed E-state index contributed by atoms with van der Waals surface area (Å²) in [6.07, 6.45) is 6.01. The highest BCUT2D eigenvalue weighted by atomic mass is 31.1. The van der Waals surface area contributed by atoms with Crippen LogP contribution < -0.4 is 0 Å². The molecule has 1 aliphatic heterocycles. The Morgan fingerprint density at radius 3 is 2.86 bits per heavy atom. The fourth-order valence-corrected chi connectivity index (χ4v) is 2.78. The van der Waals surface area contributed by atoms with Gasteiger partial charge >= 0.3 is 0 Å². The quantitative estimate of drug-likeness (QED) is 0.460. The Morgan fingerprint density at radius 1 is 1.71 bits per heavy atom. The molecule has 1 rings (SSSR count). The third kappa shape index (κ3) is 1.42. The summed E-state index contributed by atoms with van der Waals surface area (Å²) in [5, 5.41) is 0. The second-order valence-electron chi connectivity index (χ2n) is 2.27. The molecule has 1 aliphatic rings. The molecule has 0 saturated carbocycles. The van der Waals surface area contributed by atoms with Gasteiger partial charge in [-0.1, -0.05) is 13.3 Å². The topological polar surface area (TPSA) is 0 Å². The maximum atomic E-state index is 2.31. The van der Waals surface area contributed by atoms with Gasteiger partial charge in [0.25, 0.3) is 0 Å². The molecule has 0 nitrogen and oxygen atoms in total. The van der Waals surface area contributed by atoms with E-state index in [1.54, 1.807) is 0 Å². The van der Waals surface area contributed by atoms with Crippen molar-refractivity contribution in [2.45, 2.75) is 19.8 Å². The van der Waals surface area contributed by atoms with Gasteiger partial charge in [-0.3, -0.25) is 0 Å². The van der Waals surface area contributed by atoms with Crippen LogP contribution >= 0.6 is 8.58 Å². The van der Waals surface area contributed by atoms with Crippen molar-refractivity contribution in [3.8, 4) is 0 Å². The van der Waals surface area contributed by atoms with E-state index in [0.717, 1.165) is 5.92 Å². The van der Waals surface area contributed by atoms with Crippen LogP contribution in [0.4, 0.5) is 0 Å². The largest absolute Gasteiger partial charge is 0.122 e. The third-order valence-electron chi connectivity index (χ3n) is 1.74. The van der Waals surface area contributed by atoms with Gasteiger partial charge in [0.2, 0.25) is 0 Å². The van der Waals surface area contributed by atoms with Crippen molar-refractivity contribution >= 4 is 8.58 Å². The number of hydrogen-bond donors (Lipinski definition) is 0. The summed E-state index contributed by atoms with van der Waals surface area (Å²) < 4.78 is 0. The molecule has 42 valence electrons. The van der Waals surface area contributed by atoms with Gasteiger partial charge in [-0.15, -0.1) is 8.58 Å². The van der Waals surface area contributed by atoms with Crippen molar-refractivity contribution in [2.24, 2.45) is 5.92 Å². The summed E-state index contributed by atoms with van der Waals surface area (Å²) in [7, 11) is 1.30. The van der Waals surface area contributed by atoms with Crippen LogP contribution in [0.2, 0.25) is 0 Å². The second-order valence-corrected chi connectivity index (χ2v) is 3.68. The minimum atomic E-state index is 1.11. The Labute approximate surface area is 47.5 Å². The molecule has 7 heavy (non-hydrogen) atoms. The van der Waals surface area contributed by atoms with Gasteiger partial charge in [0.15, 0.2) is 0 Å². The van der Waals surface area contributed by atoms with Crippen molar-refractivity contribution in [3.05, 3.63) is 0 Å². The first-order chi connectivity index (χ1) is 3.43. The van der Waals surface area contributed by atoms with Crippen LogP contribution in [0, 0.1) is 5.92 Å². The fraction of sp³-hybridized carbons (Fsp3) is 1.00. The second kappa shape index (κ2) is 2.67. The van der Waals surface area contributed by atoms with E-state index in [9.17, 15) is 0 Å². The molecule has 0 aromatic rings. The molecule has 0 aromatic heterocycles. The summed E-state index contributed by atoms with van der Waals surface area (Å²) in [6.45, 7) is 2.31. The molecule has 0 aromatic carbocycles. The Morgan fingerprint density at radius 2 is 2.57 bits per heavy atom. The number of hydrogen-bond acceptors (Lipinski definition) is 0. The lowest BCUT2D eigenvalue weighted by Gasteiger charge is -1.99. The summed E-state index contributed by atoms with van der Waals surface area (Å²) in [6, 6.07) is 0. The molecule has 0 N–H and O–H groups in total. The zero-order valence-corrected chi connectivity index (χ0v) is 5.91. The van der Waals surface area contributed by atoms with Crippen LogP contribution in [0.5, 0.6) is 0 Å². The lowest BCUT2D eigenvalue weighted by atomic mass is 10.1. The van der Waals surface area contributed by atoms with E-state index in [-0.39, 0.29) is 0 Å². The Bertz CT molecular complexity index is 46.1. The van der Waals surface area contributed by atoms with Gasteiger partial charge in [-0.2, -0.15) is 0 Å². The molecular weight excluding hydrogens is 103 g/mol. The SMILES string of the molecule is CCC1CCPC1. The summed E-state index contributed by atoms with van der Waals surface area (Å²) in [5.41, 5.74) is 0. The molecule has 0 spiro atoms. The van der Waals surface area contributed by atoms with Crippen LogP contribution in [0.3, 0.4) is 0 Å². The molecule has 1 saturated heterocycles. The molecule has 2 atom stereocenters. The molecule has 2 unspecified atom stereocenters. The van der Waals surface area contributed by atoms with E-state index >= 15 is 0 Å². The first kappa shape index (κ1) is 5.56. The van der Waals surface area contributed by atoms with Crippen molar-refractivity contribution in [1.29, 1.82) is 0 Å². The predicted molar refractivity (Wildman–Crippen MR) is 36.4 cm³/mol. The van der Waals surface area contributed by atoms with E-state index < -0.39 is 0 Å². The Balaban J connectivity index is 2.14. The molecule has 0 amide bonds. The molecule has 0 bridgehead atoms. The van der Waals surface area contributed by atoms with Crippen molar-refractivity contribution in [3.63, 3.8) is 0 Å². The summed E-state index contributed by atoms with van der Waals surface area (Å²) >= 11 is 0. The minimum Gasteiger partial charge on any atom is -0.122 e. The highest BCUT2D eigenvalue weighted by molar-refractivity contribution is 7.38. The van der Waals surface area contributed by atoms with Crippen LogP contribution in [0.25, 0.3) is 0 Å². The zero-order chi connectivity index (χ0) is 5.11. The normalized spacial score (nSPS) is 34.7. The van der Waals surface area contributed by atoms with Crippen LogP contribution in [0.1, 0.15) is 19.8 Å². The van der Waals surface area contributed by atoms with Crippen LogP contribution in [-0.2, 0) is 0 Å². The van der Waals surface area contributed by atoms with E-state index in [2.05, 4.69) is 6.92 Å². The van der Waals surface area contributed by atoms with Gasteiger partial charge < -0.3 is 0 Å². The third-order valence-corrected chi connectivity index (χ3v) is 3.25. The molecule has 1 fully saturated rings. The van der Waals surface area contributed by atoms with E-state index in [4.69, 9.17) is 0 Å². The van der Waals surface area contributed by atoms with Crippen LogP contribution in [-0.4, -0.2) is 12.3 Å². The molecular formula is C6H13P. The van der Waals surface area contributed by atoms with Gasteiger partial charge in [-0.25, -0.2) is 0 Å². The minimum absolute atomic E-state index is 1.11. The lowest BCUT2D eigenvalue weighted by Crippen LogP contribution is -1.92. The maximum Gasteiger partial charge on any atom is -0.0325 e. The monoisotopic (exact) mass is 116 g/mol. The van der Waals surface area contributed by atoms with Crippen molar-refractivity contribution in [2.75, 3.05) is 12.3 Å². The van der Waals surface area contributed by atoms with Crippen molar-refractivity contribution in [1.82, 2.24) is 0 Å². The zero-order valence-electron chi connectivity index (χ0n) is 4.91. The average Bonchev–Trinajstić information content (AvgIpc) is 2.14. The maximum absolute atomic E-state index is 2.31. The molecule has 1 heteroatoms. The van der Waals surface area contributed by atoms with Gasteiger partial charge in [-0.05, 0) is 24.7 Å². The van der Waals surface area contributed by atoms with E-state index in [1.165, 1.54) is 33.7 Å². The van der Waals surface area contributed by atoms with E-state index in [0.29, 0.717) is 0 Å². The highest BCUT2D eigenvalue weighted by Gasteiger charge is 2.10. The summed E-state index contributed by atoms with van der Waals surface area (Å²) in [4.78, 5) is 0. The molecule has 0 aliphatic carbocycles. The first-order valence-corrected chi connectivity index (χ1v) is 4.55. The van der Waals surface area contributed by atoms with E-state index in [1.807, 2.05) is 0 Å². The standard InChI is InChI=1S/C6H13P/c1-2-6-3-4-7-5-6/h6-7H,2-5H2,1H3. The average molecular weight is 116 g/mol. The van der Waals surface area contributed by atoms with Gasteiger partial charge in [0.05, 0.1) is 0 Å². The molecule has 0 radical (unpaired) electrons. The van der Waals surface area contributed by atoms with Gasteiger partial charge in [0, 0.05) is 0 Å². The fourth-order valence-electron chi connectivity index (χ4n) is 1.06. The smallest absolute Gasteiger partial charge is 0.0325 e. The summed E-state index contributed by atoms with van der Waals surface area (Å²) in [5.74, 6) is 1.11. The predicted octanol–water partition coefficient (Wildman–Crippen LogP) is 2.09. The lowest BCUT2D eigenvalue weighted by molar-refractivity contribution is 0.578. The Kier molecular flexibility index (Phi) is 2.12. The van der Waals surface area contributed by atoms with Crippen LogP contribution in [0.15, 0.2) is 0 Å². The van der Waals surface area contributed by atoms with Crippen molar-refractivity contribution < 1.29 is 0 Å². The van der Waals surface area contributed by atoms with Gasteiger partial charge in [0.1, 0.15) is 0 Å². The molecule has 1 heterocycles. The number of rotatable bonds is 1. The Hall–Kier alpha value is 0.430. The first-order valence-electron chi connectivity index (χ1n) is 3.14. The highest BCUT2D eigenvalue weighted by Crippen LogP contribution is 2.30.